The number of aromatic nitrogens is 1. The normalized spacial score (nSPS) is 14.9. The quantitative estimate of drug-likeness (QED) is 0.399. The highest BCUT2D eigenvalue weighted by molar-refractivity contribution is 7.89. The van der Waals surface area contributed by atoms with Crippen LogP contribution >= 0.6 is 0 Å². The zero-order chi connectivity index (χ0) is 22.9. The molecule has 12 nitrogen and oxygen atoms in total. The average Bonchev–Trinajstić information content (AvgIpc) is 2.79. The molecule has 1 aliphatic rings. The molecular formula is C19H16N4O8S. The van der Waals surface area contributed by atoms with Gasteiger partial charge in [0.2, 0.25) is 15.8 Å². The Morgan fingerprint density at radius 1 is 0.969 bits per heavy atom. The number of nitrogens with zero attached hydrogens (tertiary/aromatic N) is 4. The molecule has 0 radical (unpaired) electrons. The molecule has 13 heteroatoms. The lowest BCUT2D eigenvalue weighted by molar-refractivity contribution is -0.385. The summed E-state index contributed by atoms with van der Waals surface area (Å²) in [6.07, 6.45) is 1.41. The summed E-state index contributed by atoms with van der Waals surface area (Å²) in [5.74, 6) is -0.171. The van der Waals surface area contributed by atoms with Crippen molar-refractivity contribution in [3.63, 3.8) is 0 Å². The molecule has 0 amide bonds. The number of fused-ring (bicyclic) bond motifs is 1. The van der Waals surface area contributed by atoms with E-state index in [2.05, 4.69) is 4.98 Å². The predicted molar refractivity (Wildman–Crippen MR) is 111 cm³/mol. The fraction of sp³-hybridized carbons (Fsp3) is 0.211. The van der Waals surface area contributed by atoms with E-state index in [4.69, 9.17) is 9.47 Å². The molecule has 1 aliphatic heterocycles. The van der Waals surface area contributed by atoms with Gasteiger partial charge in [-0.25, -0.2) is 8.42 Å². The molecule has 0 aliphatic carbocycles. The fourth-order valence-electron chi connectivity index (χ4n) is 3.31. The van der Waals surface area contributed by atoms with Gasteiger partial charge in [0, 0.05) is 31.4 Å². The van der Waals surface area contributed by atoms with Crippen LogP contribution in [0.25, 0.3) is 10.9 Å². The van der Waals surface area contributed by atoms with E-state index in [1.807, 2.05) is 0 Å². The van der Waals surface area contributed by atoms with Gasteiger partial charge in [-0.2, -0.15) is 4.31 Å². The van der Waals surface area contributed by atoms with E-state index in [0.717, 1.165) is 6.07 Å². The van der Waals surface area contributed by atoms with Crippen molar-refractivity contribution in [3.05, 3.63) is 68.9 Å². The zero-order valence-corrected chi connectivity index (χ0v) is 17.2. The monoisotopic (exact) mass is 460 g/mol. The molecule has 4 rings (SSSR count). The van der Waals surface area contributed by atoms with Crippen LogP contribution in [-0.2, 0) is 14.8 Å². The summed E-state index contributed by atoms with van der Waals surface area (Å²) in [4.78, 5) is 25.5. The Kier molecular flexibility index (Phi) is 5.69. The Hall–Kier alpha value is -3.68. The number of hydrogen-bond donors (Lipinski definition) is 0. The molecule has 166 valence electrons. The zero-order valence-electron chi connectivity index (χ0n) is 16.4. The number of nitro benzene ring substituents is 2. The molecule has 0 saturated carbocycles. The van der Waals surface area contributed by atoms with E-state index in [9.17, 15) is 28.6 Å². The molecule has 32 heavy (non-hydrogen) atoms. The van der Waals surface area contributed by atoms with Crippen LogP contribution in [0.5, 0.6) is 11.5 Å². The molecule has 1 aromatic heterocycles. The summed E-state index contributed by atoms with van der Waals surface area (Å²) in [7, 11) is -3.95. The maximum atomic E-state index is 12.8. The Morgan fingerprint density at radius 2 is 1.66 bits per heavy atom. The van der Waals surface area contributed by atoms with Gasteiger partial charge in [0.1, 0.15) is 5.52 Å². The van der Waals surface area contributed by atoms with Gasteiger partial charge in [-0.15, -0.1) is 0 Å². The Morgan fingerprint density at radius 3 is 2.34 bits per heavy atom. The minimum Gasteiger partial charge on any atom is -0.448 e. The number of pyridine rings is 1. The van der Waals surface area contributed by atoms with Crippen molar-refractivity contribution in [1.29, 1.82) is 0 Å². The first kappa shape index (κ1) is 21.5. The Balaban J connectivity index is 1.75. The summed E-state index contributed by atoms with van der Waals surface area (Å²) in [6.45, 7) is 0.773. The van der Waals surface area contributed by atoms with Gasteiger partial charge >= 0.3 is 5.69 Å². The fourth-order valence-corrected chi connectivity index (χ4v) is 4.74. The van der Waals surface area contributed by atoms with Crippen molar-refractivity contribution in [1.82, 2.24) is 9.29 Å². The van der Waals surface area contributed by atoms with Gasteiger partial charge in [-0.1, -0.05) is 0 Å². The highest BCUT2D eigenvalue weighted by Crippen LogP contribution is 2.38. The number of nitro groups is 2. The van der Waals surface area contributed by atoms with Crippen molar-refractivity contribution < 1.29 is 27.7 Å². The number of ether oxygens (including phenoxy) is 2. The maximum Gasteiger partial charge on any atom is 0.312 e. The highest BCUT2D eigenvalue weighted by Gasteiger charge is 2.29. The summed E-state index contributed by atoms with van der Waals surface area (Å²) < 4.78 is 37.7. The van der Waals surface area contributed by atoms with Crippen LogP contribution in [0.4, 0.5) is 11.4 Å². The van der Waals surface area contributed by atoms with Gasteiger partial charge < -0.3 is 9.47 Å². The average molecular weight is 460 g/mol. The van der Waals surface area contributed by atoms with Gasteiger partial charge in [0.05, 0.1) is 33.3 Å². The number of morpholine rings is 1. The van der Waals surface area contributed by atoms with Gasteiger partial charge in [0.15, 0.2) is 5.75 Å². The Labute approximate surface area is 181 Å². The summed E-state index contributed by atoms with van der Waals surface area (Å²) >= 11 is 0. The van der Waals surface area contributed by atoms with Crippen molar-refractivity contribution in [2.45, 2.75) is 4.90 Å². The predicted octanol–water partition coefficient (Wildman–Crippen LogP) is 2.86. The molecule has 0 atom stereocenters. The second kappa shape index (κ2) is 8.45. The molecule has 2 heterocycles. The van der Waals surface area contributed by atoms with Crippen LogP contribution in [0.2, 0.25) is 0 Å². The molecule has 0 unspecified atom stereocenters. The second-order valence-electron chi connectivity index (χ2n) is 6.74. The molecule has 1 saturated heterocycles. The van der Waals surface area contributed by atoms with Gasteiger partial charge in [0.25, 0.3) is 5.69 Å². The third-order valence-corrected chi connectivity index (χ3v) is 6.76. The van der Waals surface area contributed by atoms with Crippen LogP contribution in [-0.4, -0.2) is 53.9 Å². The first-order valence-electron chi connectivity index (χ1n) is 9.35. The van der Waals surface area contributed by atoms with E-state index in [1.165, 1.54) is 46.9 Å². The van der Waals surface area contributed by atoms with E-state index >= 15 is 0 Å². The highest BCUT2D eigenvalue weighted by atomic mass is 32.2. The first-order chi connectivity index (χ1) is 15.3. The molecule has 3 aromatic rings. The molecule has 0 N–H and O–H groups in total. The van der Waals surface area contributed by atoms with Crippen LogP contribution < -0.4 is 4.74 Å². The van der Waals surface area contributed by atoms with E-state index in [0.29, 0.717) is 0 Å². The summed E-state index contributed by atoms with van der Waals surface area (Å²) in [6, 6.07) is 8.83. The number of non-ortho nitro benzene ring substituents is 1. The van der Waals surface area contributed by atoms with Gasteiger partial charge in [-0.3, -0.25) is 25.2 Å². The third kappa shape index (κ3) is 3.95. The van der Waals surface area contributed by atoms with Crippen molar-refractivity contribution in [3.8, 4) is 11.5 Å². The molecule has 0 spiro atoms. The molecule has 1 fully saturated rings. The van der Waals surface area contributed by atoms with Crippen LogP contribution in [0.1, 0.15) is 0 Å². The number of hydrogen-bond acceptors (Lipinski definition) is 9. The van der Waals surface area contributed by atoms with Crippen LogP contribution in [0, 0.1) is 20.2 Å². The van der Waals surface area contributed by atoms with E-state index in [1.54, 1.807) is 0 Å². The number of sulfonamides is 1. The van der Waals surface area contributed by atoms with Crippen molar-refractivity contribution in [2.75, 3.05) is 26.3 Å². The van der Waals surface area contributed by atoms with Gasteiger partial charge in [-0.05, 0) is 30.3 Å². The largest absolute Gasteiger partial charge is 0.448 e. The number of benzene rings is 2. The third-order valence-electron chi connectivity index (χ3n) is 4.86. The lowest BCUT2D eigenvalue weighted by atomic mass is 10.1. The maximum absolute atomic E-state index is 12.8. The lowest BCUT2D eigenvalue weighted by Crippen LogP contribution is -2.40. The second-order valence-corrected chi connectivity index (χ2v) is 8.68. The van der Waals surface area contributed by atoms with Crippen LogP contribution in [0.15, 0.2) is 53.6 Å². The topological polar surface area (TPSA) is 155 Å². The van der Waals surface area contributed by atoms with E-state index < -0.39 is 25.6 Å². The molecule has 0 bridgehead atoms. The van der Waals surface area contributed by atoms with Crippen molar-refractivity contribution in [2.24, 2.45) is 0 Å². The van der Waals surface area contributed by atoms with E-state index in [-0.39, 0.29) is 59.3 Å². The SMILES string of the molecule is O=[N+]([O-])c1cc(S(=O)(=O)N2CCOCC2)ccc1Oc1ccc([N+](=O)[O-])c2cccnc12. The molecular weight excluding hydrogens is 444 g/mol. The smallest absolute Gasteiger partial charge is 0.312 e. The van der Waals surface area contributed by atoms with Crippen molar-refractivity contribution >= 4 is 32.3 Å². The number of rotatable bonds is 6. The Bertz CT molecular complexity index is 1320. The standard InChI is InChI=1S/C19H16N4O8S/c24-22(25)15-4-6-18(19-14(15)2-1-7-20-19)31-17-5-3-13(12-16(17)23(26)27)32(28,29)21-8-10-30-11-9-21/h1-7,12H,8-11H2. The van der Waals surface area contributed by atoms with Crippen LogP contribution in [0.3, 0.4) is 0 Å². The minimum atomic E-state index is -3.95. The minimum absolute atomic E-state index is 0.0538. The molecule has 2 aromatic carbocycles. The summed E-state index contributed by atoms with van der Waals surface area (Å²) in [5.41, 5.74) is -0.621. The first-order valence-corrected chi connectivity index (χ1v) is 10.8. The lowest BCUT2D eigenvalue weighted by Gasteiger charge is -2.26. The summed E-state index contributed by atoms with van der Waals surface area (Å²) in [5, 5.41) is 23.1.